The molecule has 19 heteroatoms. The first kappa shape index (κ1) is 49.1. The molecule has 4 N–H and O–H groups in total. The largest absolute Gasteiger partial charge is 0.458 e. The van der Waals surface area contributed by atoms with E-state index >= 15 is 4.39 Å². The summed E-state index contributed by atoms with van der Waals surface area (Å²) in [6.45, 7) is 2.26. The zero-order chi connectivity index (χ0) is 49.0. The fourth-order valence-electron chi connectivity index (χ4n) is 9.93. The minimum Gasteiger partial charge on any atom is -0.458 e. The van der Waals surface area contributed by atoms with Gasteiger partial charge in [-0.1, -0.05) is 19.3 Å². The normalized spacial score (nSPS) is 21.1. The summed E-state index contributed by atoms with van der Waals surface area (Å²) in [7, 11) is 0. The first-order valence-corrected chi connectivity index (χ1v) is 23.9. The van der Waals surface area contributed by atoms with E-state index in [-0.39, 0.29) is 99.7 Å². The molecular formula is C50H57FN6O12. The maximum absolute atomic E-state index is 15.4. The van der Waals surface area contributed by atoms with Crippen molar-refractivity contribution in [2.75, 3.05) is 32.8 Å². The predicted octanol–water partition coefficient (Wildman–Crippen LogP) is 2.88. The Bertz CT molecular complexity index is 2740. The van der Waals surface area contributed by atoms with Gasteiger partial charge in [0.1, 0.15) is 38.0 Å². The van der Waals surface area contributed by atoms with Crippen molar-refractivity contribution in [1.82, 2.24) is 30.4 Å². The number of carbonyl (C=O) groups is 7. The molecule has 5 aliphatic rings. The van der Waals surface area contributed by atoms with Crippen LogP contribution in [0.2, 0.25) is 0 Å². The molecule has 5 heterocycles. The van der Waals surface area contributed by atoms with Crippen molar-refractivity contribution in [1.29, 1.82) is 0 Å². The smallest absolute Gasteiger partial charge is 0.343 e. The van der Waals surface area contributed by atoms with E-state index in [1.807, 2.05) is 0 Å². The topological polar surface area (TPSA) is 242 Å². The Morgan fingerprint density at radius 2 is 1.65 bits per heavy atom. The van der Waals surface area contributed by atoms with Crippen molar-refractivity contribution >= 4 is 52.1 Å². The fraction of sp³-hybridized carbons (Fsp3) is 0.540. The number of hydrogen-bond donors (Lipinski definition) is 4. The Kier molecular flexibility index (Phi) is 15.0. The summed E-state index contributed by atoms with van der Waals surface area (Å²) in [4.78, 5) is 109. The van der Waals surface area contributed by atoms with E-state index in [9.17, 15) is 43.5 Å². The number of cyclic esters (lactones) is 1. The molecule has 8 rings (SSSR count). The summed E-state index contributed by atoms with van der Waals surface area (Å²) < 4.78 is 33.7. The van der Waals surface area contributed by atoms with Crippen molar-refractivity contribution in [3.05, 3.63) is 61.7 Å². The highest BCUT2D eigenvalue weighted by Gasteiger charge is 2.46. The molecule has 1 fully saturated rings. The summed E-state index contributed by atoms with van der Waals surface area (Å²) in [5.74, 6) is 2.22. The van der Waals surface area contributed by atoms with Gasteiger partial charge in [0.05, 0.1) is 48.1 Å². The number of rotatable bonds is 18. The van der Waals surface area contributed by atoms with Crippen LogP contribution in [0.25, 0.3) is 22.3 Å². The van der Waals surface area contributed by atoms with Crippen molar-refractivity contribution in [2.24, 2.45) is 0 Å². The summed E-state index contributed by atoms with van der Waals surface area (Å²) >= 11 is 0. The molecule has 0 bridgehead atoms. The van der Waals surface area contributed by atoms with Gasteiger partial charge in [0, 0.05) is 61.2 Å². The third kappa shape index (κ3) is 10.5. The lowest BCUT2D eigenvalue weighted by atomic mass is 9.81. The lowest BCUT2D eigenvalue weighted by Crippen LogP contribution is -2.44. The lowest BCUT2D eigenvalue weighted by Gasteiger charge is -2.31. The Balaban J connectivity index is 0.817. The molecule has 0 spiro atoms. The molecule has 1 saturated heterocycles. The SMILES string of the molecule is CC[C@@]1(O)C(=O)OCc2c1cc1n(c2=O)Cc2c-1nc1cc(F)c(C)c3c1c2[C@@H](NC(=O)COC1CCCN1C(=O)CCC(=O)CNC(=O)CCC(=O)CNC(=O)COC1C#CCCCCC1)CC3. The van der Waals surface area contributed by atoms with E-state index in [2.05, 4.69) is 27.8 Å². The summed E-state index contributed by atoms with van der Waals surface area (Å²) in [6, 6.07) is 2.34. The number of aliphatic hydroxyl groups is 1. The monoisotopic (exact) mass is 952 g/mol. The second-order valence-electron chi connectivity index (χ2n) is 18.3. The second kappa shape index (κ2) is 21.1. The molecular weight excluding hydrogens is 896 g/mol. The lowest BCUT2D eigenvalue weighted by molar-refractivity contribution is -0.172. The quantitative estimate of drug-likeness (QED) is 0.0830. The van der Waals surface area contributed by atoms with Crippen molar-refractivity contribution < 1.29 is 57.3 Å². The number of Topliss-reactive ketones (excluding diaryl/α,β-unsaturated/α-hetero) is 2. The van der Waals surface area contributed by atoms with E-state index in [4.69, 9.17) is 19.2 Å². The average molecular weight is 953 g/mol. The van der Waals surface area contributed by atoms with Gasteiger partial charge in [0.25, 0.3) is 5.56 Å². The minimum atomic E-state index is -2.03. The fourth-order valence-corrected chi connectivity index (χ4v) is 9.93. The maximum atomic E-state index is 15.4. The first-order valence-electron chi connectivity index (χ1n) is 23.9. The van der Waals surface area contributed by atoms with Gasteiger partial charge < -0.3 is 44.7 Å². The van der Waals surface area contributed by atoms with E-state index in [0.717, 1.165) is 37.7 Å². The molecule has 2 aliphatic carbocycles. The molecule has 4 amide bonds. The van der Waals surface area contributed by atoms with Crippen LogP contribution in [0.1, 0.15) is 130 Å². The third-order valence-corrected chi connectivity index (χ3v) is 13.8. The number of hydrogen-bond acceptors (Lipinski definition) is 13. The first-order chi connectivity index (χ1) is 33.2. The number of carbonyl (C=O) groups excluding carboxylic acids is 7. The van der Waals surface area contributed by atoms with Gasteiger partial charge in [-0.3, -0.25) is 33.6 Å². The Morgan fingerprint density at radius 3 is 2.43 bits per heavy atom. The summed E-state index contributed by atoms with van der Waals surface area (Å²) in [5, 5.41) is 20.1. The van der Waals surface area contributed by atoms with Gasteiger partial charge in [0.15, 0.2) is 17.2 Å². The number of likely N-dealkylation sites (tertiary alicyclic amines) is 1. The van der Waals surface area contributed by atoms with Crippen LogP contribution in [0.5, 0.6) is 0 Å². The van der Waals surface area contributed by atoms with Gasteiger partial charge >= 0.3 is 5.97 Å². The molecule has 3 aliphatic heterocycles. The Labute approximate surface area is 397 Å². The number of esters is 1. The van der Waals surface area contributed by atoms with Crippen LogP contribution in [-0.2, 0) is 72.9 Å². The van der Waals surface area contributed by atoms with E-state index in [1.54, 1.807) is 19.9 Å². The molecule has 3 aromatic rings. The third-order valence-electron chi connectivity index (χ3n) is 13.8. The van der Waals surface area contributed by atoms with Gasteiger partial charge in [-0.25, -0.2) is 14.2 Å². The summed E-state index contributed by atoms with van der Waals surface area (Å²) in [6.07, 6.45) is 4.89. The Hall–Kier alpha value is -6.36. The van der Waals surface area contributed by atoms with Crippen molar-refractivity contribution in [3.63, 3.8) is 0 Å². The van der Waals surface area contributed by atoms with Gasteiger partial charge in [0.2, 0.25) is 23.6 Å². The number of benzene rings is 1. The molecule has 2 unspecified atom stereocenters. The van der Waals surface area contributed by atoms with Crippen LogP contribution in [0.3, 0.4) is 0 Å². The van der Waals surface area contributed by atoms with Gasteiger partial charge in [-0.15, -0.1) is 5.92 Å². The maximum Gasteiger partial charge on any atom is 0.343 e. The Morgan fingerprint density at radius 1 is 0.899 bits per heavy atom. The number of amides is 4. The van der Waals surface area contributed by atoms with Crippen LogP contribution < -0.4 is 21.5 Å². The number of ether oxygens (including phenoxy) is 3. The number of nitrogens with one attached hydrogen (secondary N) is 3. The minimum absolute atomic E-state index is 0.0320. The molecule has 0 saturated carbocycles. The van der Waals surface area contributed by atoms with Crippen LogP contribution in [0.4, 0.5) is 4.39 Å². The number of nitrogens with zero attached hydrogens (tertiary/aromatic N) is 3. The van der Waals surface area contributed by atoms with Crippen LogP contribution in [0, 0.1) is 24.6 Å². The number of halogens is 1. The van der Waals surface area contributed by atoms with Crippen molar-refractivity contribution in [2.45, 2.75) is 141 Å². The average Bonchev–Trinajstić information content (AvgIpc) is 3.96. The highest BCUT2D eigenvalue weighted by molar-refractivity contribution is 5.95. The molecule has 0 radical (unpaired) electrons. The van der Waals surface area contributed by atoms with E-state index in [1.165, 1.54) is 15.5 Å². The molecule has 1 aromatic carbocycles. The van der Waals surface area contributed by atoms with Gasteiger partial charge in [-0.2, -0.15) is 0 Å². The van der Waals surface area contributed by atoms with Crippen LogP contribution in [-0.4, -0.2) is 106 Å². The zero-order valence-corrected chi connectivity index (χ0v) is 38.9. The van der Waals surface area contributed by atoms with E-state index < -0.39 is 59.5 Å². The molecule has 366 valence electrons. The number of ketones is 2. The van der Waals surface area contributed by atoms with Crippen LogP contribution >= 0.6 is 0 Å². The highest BCUT2D eigenvalue weighted by atomic mass is 19.1. The number of aryl methyl sites for hydroxylation is 1. The van der Waals surface area contributed by atoms with Crippen molar-refractivity contribution in [3.8, 4) is 23.2 Å². The van der Waals surface area contributed by atoms with E-state index in [0.29, 0.717) is 71.2 Å². The zero-order valence-electron chi connectivity index (χ0n) is 38.9. The predicted molar refractivity (Wildman–Crippen MR) is 244 cm³/mol. The highest BCUT2D eigenvalue weighted by Crippen LogP contribution is 2.46. The number of aromatic nitrogens is 2. The second-order valence-corrected chi connectivity index (χ2v) is 18.3. The number of fused-ring (bicyclic) bond motifs is 5. The molecule has 69 heavy (non-hydrogen) atoms. The van der Waals surface area contributed by atoms with Crippen LogP contribution in [0.15, 0.2) is 16.9 Å². The molecule has 18 nitrogen and oxygen atoms in total. The summed E-state index contributed by atoms with van der Waals surface area (Å²) in [5.41, 5.74) is 1.46. The molecule has 2 aromatic heterocycles. The number of pyridine rings is 2. The van der Waals surface area contributed by atoms with Gasteiger partial charge in [-0.05, 0) is 81.0 Å². The standard InChI is InChI=1S/C50H57FN6O12/c1-3-50(66)35-20-39-47-33(24-57(39)48(64)34(35)25-69-49(50)65)46-37(16-15-32-28(2)36(51)21-38(55-47)45(32)46)54-42(62)27-68-44-12-9-19-56(44)43(63)18-14-30(59)22-52-40(60)17-13-29(58)23-53-41(61)26-67-31-10-7-5-4-6-8-11-31/h20-21,31,37,44,66H,3-7,9-10,12-19,22-27H2,1-2H3,(H,52,60)(H,53,61)(H,54,62)/t31?,37-,44?,50-/m0/s1. The molecule has 4 atom stereocenters.